The van der Waals surface area contributed by atoms with Crippen molar-refractivity contribution < 1.29 is 0 Å². The van der Waals surface area contributed by atoms with Crippen molar-refractivity contribution in [3.8, 4) is 0 Å². The molecule has 3 aromatic rings. The van der Waals surface area contributed by atoms with Crippen molar-refractivity contribution in [1.82, 2.24) is 24.7 Å². The molecule has 0 N–H and O–H groups in total. The van der Waals surface area contributed by atoms with Crippen LogP contribution in [-0.2, 0) is 13.0 Å². The maximum atomic E-state index is 4.62. The molecule has 7 heteroatoms. The van der Waals surface area contributed by atoms with Crippen molar-refractivity contribution in [2.24, 2.45) is 0 Å². The molecule has 0 radical (unpaired) electrons. The average molecular weight is 399 g/mol. The number of pyridine rings is 2. The molecule has 6 nitrogen and oxygen atoms in total. The summed E-state index contributed by atoms with van der Waals surface area (Å²) in [7, 11) is 0. The second-order valence-electron chi connectivity index (χ2n) is 6.87. The molecule has 5 rings (SSSR count). The summed E-state index contributed by atoms with van der Waals surface area (Å²) in [5, 5.41) is 8.91. The highest BCUT2D eigenvalue weighted by Crippen LogP contribution is 2.33. The molecule has 1 fully saturated rings. The highest BCUT2D eigenvalue weighted by molar-refractivity contribution is 9.10. The normalized spacial score (nSPS) is 20.2. The van der Waals surface area contributed by atoms with Gasteiger partial charge in [0.05, 0.1) is 11.2 Å². The van der Waals surface area contributed by atoms with Crippen LogP contribution in [0, 0.1) is 0 Å². The van der Waals surface area contributed by atoms with Crippen LogP contribution in [0.3, 0.4) is 0 Å². The van der Waals surface area contributed by atoms with Crippen molar-refractivity contribution in [1.29, 1.82) is 0 Å². The fourth-order valence-corrected chi connectivity index (χ4v) is 4.45. The molecule has 1 unspecified atom stereocenters. The minimum atomic E-state index is 0.437. The first-order chi connectivity index (χ1) is 12.3. The summed E-state index contributed by atoms with van der Waals surface area (Å²) < 4.78 is 3.30. The van der Waals surface area contributed by atoms with Gasteiger partial charge in [0.1, 0.15) is 17.2 Å². The Bertz CT molecular complexity index is 936. The summed E-state index contributed by atoms with van der Waals surface area (Å²) in [5.74, 6) is 2.77. The molecule has 2 aliphatic heterocycles. The number of anilines is 1. The molecule has 1 saturated heterocycles. The van der Waals surface area contributed by atoms with Crippen LogP contribution in [0.4, 0.5) is 5.69 Å². The van der Waals surface area contributed by atoms with Gasteiger partial charge in [0, 0.05) is 48.8 Å². The van der Waals surface area contributed by atoms with Gasteiger partial charge in [-0.15, -0.1) is 10.2 Å². The lowest BCUT2D eigenvalue weighted by Crippen LogP contribution is -2.35. The molecule has 0 spiro atoms. The van der Waals surface area contributed by atoms with Gasteiger partial charge in [-0.2, -0.15) is 0 Å². The molecule has 25 heavy (non-hydrogen) atoms. The molecule has 2 aliphatic rings. The van der Waals surface area contributed by atoms with Gasteiger partial charge in [0.15, 0.2) is 0 Å². The van der Waals surface area contributed by atoms with E-state index >= 15 is 0 Å². The van der Waals surface area contributed by atoms with E-state index in [1.165, 1.54) is 24.4 Å². The predicted molar refractivity (Wildman–Crippen MR) is 99.8 cm³/mol. The van der Waals surface area contributed by atoms with Crippen molar-refractivity contribution in [3.05, 3.63) is 40.6 Å². The molecule has 0 aromatic carbocycles. The van der Waals surface area contributed by atoms with Gasteiger partial charge < -0.3 is 9.47 Å². The number of aryl methyl sites for hydroxylation is 1. The summed E-state index contributed by atoms with van der Waals surface area (Å²) in [6.07, 6.45) is 8.33. The quantitative estimate of drug-likeness (QED) is 0.662. The van der Waals surface area contributed by atoms with Crippen LogP contribution in [0.2, 0.25) is 0 Å². The lowest BCUT2D eigenvalue weighted by Gasteiger charge is -2.34. The number of hydrogen-bond acceptors (Lipinski definition) is 5. The Hall–Kier alpha value is -2.02. The predicted octanol–water partition coefficient (Wildman–Crippen LogP) is 3.31. The SMILES string of the molecule is Brc1cnc2c(N3CCCC(c4nnc5n4CCC5)C3)ccnc2c1. The van der Waals surface area contributed by atoms with E-state index in [1.54, 1.807) is 0 Å². The molecule has 3 aromatic heterocycles. The Labute approximate surface area is 154 Å². The lowest BCUT2D eigenvalue weighted by molar-refractivity contribution is 0.473. The topological polar surface area (TPSA) is 59.7 Å². The van der Waals surface area contributed by atoms with E-state index in [-0.39, 0.29) is 0 Å². The van der Waals surface area contributed by atoms with Gasteiger partial charge in [-0.1, -0.05) is 0 Å². The molecule has 0 saturated carbocycles. The van der Waals surface area contributed by atoms with Crippen LogP contribution in [0.5, 0.6) is 0 Å². The van der Waals surface area contributed by atoms with Crippen molar-refractivity contribution in [2.45, 2.75) is 38.1 Å². The van der Waals surface area contributed by atoms with E-state index in [9.17, 15) is 0 Å². The van der Waals surface area contributed by atoms with Crippen LogP contribution in [-0.4, -0.2) is 37.8 Å². The molecular formula is C18H19BrN6. The minimum absolute atomic E-state index is 0.437. The molecule has 128 valence electrons. The summed E-state index contributed by atoms with van der Waals surface area (Å²) in [6, 6.07) is 4.11. The number of aromatic nitrogens is 5. The van der Waals surface area contributed by atoms with Gasteiger partial charge in [0.2, 0.25) is 0 Å². The third-order valence-electron chi connectivity index (χ3n) is 5.29. The zero-order valence-corrected chi connectivity index (χ0v) is 15.5. The number of halogens is 1. The van der Waals surface area contributed by atoms with Crippen molar-refractivity contribution >= 4 is 32.7 Å². The Kier molecular flexibility index (Phi) is 3.69. The van der Waals surface area contributed by atoms with Gasteiger partial charge in [-0.05, 0) is 47.3 Å². The maximum absolute atomic E-state index is 4.62. The first kappa shape index (κ1) is 15.3. The van der Waals surface area contributed by atoms with Crippen LogP contribution < -0.4 is 4.90 Å². The highest BCUT2D eigenvalue weighted by atomic mass is 79.9. The van der Waals surface area contributed by atoms with Gasteiger partial charge >= 0.3 is 0 Å². The molecule has 5 heterocycles. The van der Waals surface area contributed by atoms with E-state index in [0.29, 0.717) is 5.92 Å². The summed E-state index contributed by atoms with van der Waals surface area (Å²) in [6.45, 7) is 3.09. The Morgan fingerprint density at radius 1 is 1.12 bits per heavy atom. The van der Waals surface area contributed by atoms with Crippen molar-refractivity contribution in [2.75, 3.05) is 18.0 Å². The average Bonchev–Trinajstić information content (AvgIpc) is 3.24. The fraction of sp³-hybridized carbons (Fsp3) is 0.444. The summed E-state index contributed by atoms with van der Waals surface area (Å²) in [4.78, 5) is 11.5. The third-order valence-corrected chi connectivity index (χ3v) is 5.72. The molecule has 0 aliphatic carbocycles. The molecule has 0 amide bonds. The maximum Gasteiger partial charge on any atom is 0.137 e. The zero-order chi connectivity index (χ0) is 16.8. The van der Waals surface area contributed by atoms with Crippen molar-refractivity contribution in [3.63, 3.8) is 0 Å². The molecular weight excluding hydrogens is 380 g/mol. The first-order valence-electron chi connectivity index (χ1n) is 8.87. The lowest BCUT2D eigenvalue weighted by atomic mass is 9.96. The van der Waals surface area contributed by atoms with Gasteiger partial charge in [0.25, 0.3) is 0 Å². The number of rotatable bonds is 2. The number of fused-ring (bicyclic) bond motifs is 2. The Morgan fingerprint density at radius 3 is 3.04 bits per heavy atom. The van der Waals surface area contributed by atoms with E-state index in [1.807, 2.05) is 18.5 Å². The largest absolute Gasteiger partial charge is 0.369 e. The van der Waals surface area contributed by atoms with E-state index in [4.69, 9.17) is 0 Å². The smallest absolute Gasteiger partial charge is 0.137 e. The molecule has 0 bridgehead atoms. The third kappa shape index (κ3) is 2.61. The fourth-order valence-electron chi connectivity index (χ4n) is 4.13. The van der Waals surface area contributed by atoms with Gasteiger partial charge in [-0.25, -0.2) is 0 Å². The number of hydrogen-bond donors (Lipinski definition) is 0. The number of piperidine rings is 1. The summed E-state index contributed by atoms with van der Waals surface area (Å²) in [5.41, 5.74) is 3.07. The number of nitrogens with zero attached hydrogens (tertiary/aromatic N) is 6. The van der Waals surface area contributed by atoms with E-state index in [2.05, 4.69) is 51.6 Å². The van der Waals surface area contributed by atoms with Crippen LogP contribution in [0.1, 0.15) is 36.8 Å². The monoisotopic (exact) mass is 398 g/mol. The Balaban J connectivity index is 1.49. The van der Waals surface area contributed by atoms with Gasteiger partial charge in [-0.3, -0.25) is 9.97 Å². The summed E-state index contributed by atoms with van der Waals surface area (Å²) >= 11 is 3.48. The molecule has 1 atom stereocenters. The van der Waals surface area contributed by atoms with E-state index < -0.39 is 0 Å². The first-order valence-corrected chi connectivity index (χ1v) is 9.66. The Morgan fingerprint density at radius 2 is 2.08 bits per heavy atom. The highest BCUT2D eigenvalue weighted by Gasteiger charge is 2.29. The standard InChI is InChI=1S/C18H19BrN6/c19-13-9-14-17(21-10-13)15(5-6-20-14)24-7-1-3-12(11-24)18-23-22-16-4-2-8-25(16)18/h5-6,9-10,12H,1-4,7-8,11H2. The zero-order valence-electron chi connectivity index (χ0n) is 13.9. The minimum Gasteiger partial charge on any atom is -0.369 e. The van der Waals surface area contributed by atoms with Crippen LogP contribution >= 0.6 is 15.9 Å². The van der Waals surface area contributed by atoms with E-state index in [0.717, 1.165) is 53.8 Å². The second kappa shape index (κ2) is 6.05. The van der Waals surface area contributed by atoms with Crippen LogP contribution in [0.15, 0.2) is 29.0 Å². The van der Waals surface area contributed by atoms with Crippen LogP contribution in [0.25, 0.3) is 11.0 Å². The second-order valence-corrected chi connectivity index (χ2v) is 7.78.